The van der Waals surface area contributed by atoms with Crippen LogP contribution in [0.3, 0.4) is 0 Å². The molecule has 0 aliphatic carbocycles. The highest BCUT2D eigenvalue weighted by atomic mass is 35.5. The largest absolute Gasteiger partial charge is 0.496 e. The predicted molar refractivity (Wildman–Crippen MR) is 200 cm³/mol. The Bertz CT molecular complexity index is 1880. The third-order valence-electron chi connectivity index (χ3n) is 10.3. The number of aromatic nitrogens is 6. The summed E-state index contributed by atoms with van der Waals surface area (Å²) in [5, 5.41) is 15.3. The number of halogens is 1. The van der Waals surface area contributed by atoms with Gasteiger partial charge in [0.2, 0.25) is 5.95 Å². The lowest BCUT2D eigenvalue weighted by Gasteiger charge is -2.36. The molecule has 0 radical (unpaired) electrons. The molecule has 2 aliphatic rings. The summed E-state index contributed by atoms with van der Waals surface area (Å²) in [7, 11) is 1.60. The van der Waals surface area contributed by atoms with Crippen LogP contribution < -0.4 is 10.1 Å². The fraction of sp³-hybridized carbons (Fsp3) is 0.447. The van der Waals surface area contributed by atoms with E-state index in [1.165, 1.54) is 11.9 Å². The van der Waals surface area contributed by atoms with Crippen LogP contribution in [0.15, 0.2) is 79.1 Å². The van der Waals surface area contributed by atoms with Crippen LogP contribution in [-0.4, -0.2) is 104 Å². The first kappa shape index (κ1) is 36.3. The van der Waals surface area contributed by atoms with E-state index >= 15 is 0 Å². The molecule has 4 heterocycles. The van der Waals surface area contributed by atoms with E-state index in [2.05, 4.69) is 92.7 Å². The molecule has 0 bridgehead atoms. The van der Waals surface area contributed by atoms with Gasteiger partial charge in [0.15, 0.2) is 0 Å². The summed E-state index contributed by atoms with van der Waals surface area (Å²) in [4.78, 5) is 23.6. The first-order chi connectivity index (χ1) is 24.4. The summed E-state index contributed by atoms with van der Waals surface area (Å²) >= 11 is 0. The van der Waals surface area contributed by atoms with E-state index in [0.717, 1.165) is 68.8 Å². The van der Waals surface area contributed by atoms with Crippen molar-refractivity contribution in [2.24, 2.45) is 0 Å². The third-order valence-corrected chi connectivity index (χ3v) is 10.3. The minimum atomic E-state index is -0.129. The minimum absolute atomic E-state index is 0. The van der Waals surface area contributed by atoms with E-state index in [1.54, 1.807) is 17.9 Å². The highest BCUT2D eigenvalue weighted by Gasteiger charge is 2.42. The molecular formula is C38H48ClN9O3. The molecule has 1 unspecified atom stereocenters. The van der Waals surface area contributed by atoms with Crippen LogP contribution in [0.4, 0.5) is 5.95 Å². The Morgan fingerprint density at radius 2 is 1.78 bits per heavy atom. The molecule has 0 spiro atoms. The zero-order chi connectivity index (χ0) is 34.5. The number of methoxy groups -OCH3 is 1. The van der Waals surface area contributed by atoms with E-state index in [4.69, 9.17) is 14.5 Å². The van der Waals surface area contributed by atoms with Gasteiger partial charge in [-0.25, -0.2) is 9.67 Å². The van der Waals surface area contributed by atoms with E-state index < -0.39 is 0 Å². The van der Waals surface area contributed by atoms with Crippen LogP contribution in [0.5, 0.6) is 5.75 Å². The average molecular weight is 714 g/mol. The molecule has 2 fully saturated rings. The Hall–Kier alpha value is -4.52. The Balaban J connectivity index is 0.00000448. The maximum atomic E-state index is 14.1. The summed E-state index contributed by atoms with van der Waals surface area (Å²) in [6.45, 7) is 9.90. The van der Waals surface area contributed by atoms with Gasteiger partial charge in [-0.05, 0) is 92.4 Å². The number of para-hydroxylation sites is 2. The van der Waals surface area contributed by atoms with Gasteiger partial charge < -0.3 is 29.2 Å². The number of ether oxygens (including phenoxy) is 2. The number of likely N-dealkylation sites (tertiary alicyclic amines) is 2. The molecule has 12 nitrogen and oxygen atoms in total. The molecule has 2 aliphatic heterocycles. The van der Waals surface area contributed by atoms with Gasteiger partial charge in [-0.1, -0.05) is 42.5 Å². The first-order valence-electron chi connectivity index (χ1n) is 17.7. The van der Waals surface area contributed by atoms with Gasteiger partial charge in [0.25, 0.3) is 5.91 Å². The number of piperidine rings is 1. The van der Waals surface area contributed by atoms with Crippen LogP contribution in [0.1, 0.15) is 55.5 Å². The first-order valence-corrected chi connectivity index (χ1v) is 17.7. The fourth-order valence-corrected chi connectivity index (χ4v) is 7.52. The maximum Gasteiger partial charge on any atom is 0.257 e. The van der Waals surface area contributed by atoms with Crippen molar-refractivity contribution in [3.05, 3.63) is 90.3 Å². The van der Waals surface area contributed by atoms with Gasteiger partial charge in [-0.15, -0.1) is 17.5 Å². The van der Waals surface area contributed by atoms with Gasteiger partial charge in [0.05, 0.1) is 42.1 Å². The summed E-state index contributed by atoms with van der Waals surface area (Å²) < 4.78 is 15.3. The van der Waals surface area contributed by atoms with E-state index in [-0.39, 0.29) is 29.8 Å². The van der Waals surface area contributed by atoms with Crippen molar-refractivity contribution >= 4 is 35.3 Å². The summed E-state index contributed by atoms with van der Waals surface area (Å²) in [6.07, 6.45) is 5.70. The van der Waals surface area contributed by atoms with Crippen LogP contribution >= 0.6 is 12.4 Å². The quantitative estimate of drug-likeness (QED) is 0.166. The van der Waals surface area contributed by atoms with Crippen molar-refractivity contribution in [1.82, 2.24) is 39.6 Å². The molecular weight excluding hydrogens is 666 g/mol. The lowest BCUT2D eigenvalue weighted by Crippen LogP contribution is -2.42. The van der Waals surface area contributed by atoms with Crippen molar-refractivity contribution in [1.29, 1.82) is 0 Å². The molecule has 1 N–H and O–H groups in total. The number of hydrogen-bond donors (Lipinski definition) is 1. The maximum absolute atomic E-state index is 14.1. The number of nitrogens with zero attached hydrogens (tertiary/aromatic N) is 8. The average Bonchev–Trinajstić information content (AvgIpc) is 3.92. The number of amides is 1. The van der Waals surface area contributed by atoms with Crippen molar-refractivity contribution in [3.63, 3.8) is 0 Å². The Morgan fingerprint density at radius 3 is 2.53 bits per heavy atom. The van der Waals surface area contributed by atoms with Crippen LogP contribution in [-0.2, 0) is 16.7 Å². The second kappa shape index (κ2) is 16.2. The topological polar surface area (TPSA) is 115 Å². The van der Waals surface area contributed by atoms with Crippen molar-refractivity contribution in [2.75, 3.05) is 51.8 Å². The molecule has 7 rings (SSSR count). The molecule has 1 amide bonds. The lowest BCUT2D eigenvalue weighted by molar-refractivity contribution is 0.0734. The number of imidazole rings is 1. The summed E-state index contributed by atoms with van der Waals surface area (Å²) in [5.74, 6) is 1.43. The molecule has 51 heavy (non-hydrogen) atoms. The lowest BCUT2D eigenvalue weighted by atomic mass is 9.76. The normalized spacial score (nSPS) is 18.3. The number of tetrazole rings is 1. The number of rotatable bonds is 13. The Labute approximate surface area is 305 Å². The third kappa shape index (κ3) is 8.03. The summed E-state index contributed by atoms with van der Waals surface area (Å²) in [6, 6.07) is 24.9. The zero-order valence-corrected chi connectivity index (χ0v) is 30.5. The van der Waals surface area contributed by atoms with Gasteiger partial charge in [0, 0.05) is 44.2 Å². The smallest absolute Gasteiger partial charge is 0.257 e. The van der Waals surface area contributed by atoms with E-state index in [1.807, 2.05) is 23.1 Å². The molecule has 2 saturated heterocycles. The number of carbonyl (C=O) groups excluding carboxylic acids is 1. The van der Waals surface area contributed by atoms with Gasteiger partial charge in [-0.2, -0.15) is 0 Å². The highest BCUT2D eigenvalue weighted by Crippen LogP contribution is 2.39. The van der Waals surface area contributed by atoms with Crippen LogP contribution in [0.25, 0.3) is 16.7 Å². The number of anilines is 1. The van der Waals surface area contributed by atoms with Gasteiger partial charge in [-0.3, -0.25) is 4.79 Å². The molecule has 13 heteroatoms. The predicted octanol–water partition coefficient (Wildman–Crippen LogP) is 5.62. The number of fused-ring (bicyclic) bond motifs is 1. The monoisotopic (exact) mass is 713 g/mol. The Kier molecular flexibility index (Phi) is 11.5. The summed E-state index contributed by atoms with van der Waals surface area (Å²) in [5.41, 5.74) is 4.53. The second-order valence-electron chi connectivity index (χ2n) is 13.8. The van der Waals surface area contributed by atoms with E-state index in [9.17, 15) is 4.79 Å². The molecule has 2 aromatic heterocycles. The van der Waals surface area contributed by atoms with Crippen molar-refractivity contribution in [3.8, 4) is 11.4 Å². The number of nitrogens with one attached hydrogen (secondary N) is 1. The molecule has 3 aromatic carbocycles. The second-order valence-corrected chi connectivity index (χ2v) is 13.8. The SMILES string of the molecule is COc1ccc(-n2cnnn2)cc1C(=O)N1CCC(CCN2CCC(Nc3nc4ccccc4n3CCOC(C)C)CC2)(c2ccccc2)C1.Cl. The minimum Gasteiger partial charge on any atom is -0.496 e. The molecule has 1 atom stereocenters. The molecule has 270 valence electrons. The fourth-order valence-electron chi connectivity index (χ4n) is 7.52. The number of benzene rings is 3. The number of carbonyl (C=O) groups is 1. The van der Waals surface area contributed by atoms with E-state index in [0.29, 0.717) is 42.7 Å². The molecule has 0 saturated carbocycles. The number of hydrogen-bond acceptors (Lipinski definition) is 9. The van der Waals surface area contributed by atoms with Gasteiger partial charge >= 0.3 is 0 Å². The zero-order valence-electron chi connectivity index (χ0n) is 29.6. The van der Waals surface area contributed by atoms with Crippen molar-refractivity contribution in [2.45, 2.75) is 63.6 Å². The van der Waals surface area contributed by atoms with Crippen molar-refractivity contribution < 1.29 is 14.3 Å². The highest BCUT2D eigenvalue weighted by molar-refractivity contribution is 5.98. The van der Waals surface area contributed by atoms with Crippen LogP contribution in [0.2, 0.25) is 0 Å². The van der Waals surface area contributed by atoms with Crippen LogP contribution in [0, 0.1) is 0 Å². The standard InChI is InChI=1S/C38H47N9O3.ClH/c1-28(2)50-24-23-46-34-12-8-7-11-33(34)41-37(46)40-30-15-19-44(20-16-30)21-17-38(29-9-5-4-6-10-29)18-22-45(26-38)36(48)32-25-31(13-14-35(32)49-3)47-27-39-42-43-47;/h4-14,25,27-28,30H,15-24,26H2,1-3H3,(H,40,41);1H. The Morgan fingerprint density at radius 1 is 1.00 bits per heavy atom. The molecule has 5 aromatic rings. The van der Waals surface area contributed by atoms with Gasteiger partial charge in [0.1, 0.15) is 12.1 Å².